The number of nitrogens with one attached hydrogen (secondary N) is 1. The van der Waals surface area contributed by atoms with E-state index < -0.39 is 17.5 Å². The molecule has 0 saturated carbocycles. The Balaban J connectivity index is 1.49. The zero-order valence-corrected chi connectivity index (χ0v) is 23.2. The Labute approximate surface area is 229 Å². The summed E-state index contributed by atoms with van der Waals surface area (Å²) in [6, 6.07) is 9.16. The van der Waals surface area contributed by atoms with Crippen molar-refractivity contribution in [2.24, 2.45) is 5.92 Å². The molecule has 1 aromatic heterocycles. The average Bonchev–Trinajstić information content (AvgIpc) is 3.46. The van der Waals surface area contributed by atoms with Crippen LogP contribution in [-0.2, 0) is 24.4 Å². The summed E-state index contributed by atoms with van der Waals surface area (Å²) in [6.45, 7) is 10.6. The smallest absolute Gasteiger partial charge is 0.257 e. The van der Waals surface area contributed by atoms with Crippen LogP contribution in [-0.4, -0.2) is 57.3 Å². The van der Waals surface area contributed by atoms with Crippen LogP contribution >= 0.6 is 0 Å². The van der Waals surface area contributed by atoms with Crippen LogP contribution in [0.4, 0.5) is 8.78 Å². The predicted molar refractivity (Wildman–Crippen MR) is 148 cm³/mol. The number of fused-ring (bicyclic) bond motifs is 1. The normalized spacial score (nSPS) is 13.7. The van der Waals surface area contributed by atoms with Gasteiger partial charge in [-0.05, 0) is 67.6 Å². The van der Waals surface area contributed by atoms with Crippen LogP contribution in [0.1, 0.15) is 68.2 Å². The van der Waals surface area contributed by atoms with Gasteiger partial charge >= 0.3 is 0 Å². The largest absolute Gasteiger partial charge is 0.343 e. The number of carbonyl (C=O) groups is 2. The van der Waals surface area contributed by atoms with Gasteiger partial charge in [0.2, 0.25) is 5.91 Å². The third-order valence-electron chi connectivity index (χ3n) is 6.98. The minimum Gasteiger partial charge on any atom is -0.343 e. The van der Waals surface area contributed by atoms with Crippen molar-refractivity contribution in [3.63, 3.8) is 0 Å². The van der Waals surface area contributed by atoms with Gasteiger partial charge in [0.1, 0.15) is 17.5 Å². The van der Waals surface area contributed by atoms with E-state index in [0.29, 0.717) is 19.5 Å². The first-order valence-electron chi connectivity index (χ1n) is 14.0. The van der Waals surface area contributed by atoms with Crippen LogP contribution in [0.3, 0.4) is 0 Å². The molecule has 2 aromatic carbocycles. The first kappa shape index (κ1) is 28.7. The standard InChI is InChI=1S/C30H39F2N5O2/c1-4-13-37-27-11-8-22(18-33-12-6-15-35-14-5-7-29(35)38)16-26(27)34-28(37)20-36(19-21(2)3)30(39)24-17-23(31)9-10-25(24)32/h8-11,16-17,21,33H,4-7,12-15,18-20H2,1-3H3. The lowest BCUT2D eigenvalue weighted by Gasteiger charge is -2.25. The number of nitrogens with zero attached hydrogens (tertiary/aromatic N) is 4. The summed E-state index contributed by atoms with van der Waals surface area (Å²) in [7, 11) is 0. The van der Waals surface area contributed by atoms with Crippen LogP contribution in [0.15, 0.2) is 36.4 Å². The highest BCUT2D eigenvalue weighted by atomic mass is 19.1. The molecule has 3 aromatic rings. The number of likely N-dealkylation sites (tertiary alicyclic amines) is 1. The number of hydrogen-bond donors (Lipinski definition) is 1. The number of carbonyl (C=O) groups excluding carboxylic acids is 2. The molecule has 1 saturated heterocycles. The van der Waals surface area contributed by atoms with Crippen LogP contribution < -0.4 is 5.32 Å². The number of amides is 2. The summed E-state index contributed by atoms with van der Waals surface area (Å²) in [4.78, 5) is 33.5. The van der Waals surface area contributed by atoms with Crippen molar-refractivity contribution in [1.82, 2.24) is 24.7 Å². The van der Waals surface area contributed by atoms with Crippen molar-refractivity contribution in [3.8, 4) is 0 Å². The number of benzene rings is 2. The van der Waals surface area contributed by atoms with Gasteiger partial charge in [0.05, 0.1) is 23.1 Å². The summed E-state index contributed by atoms with van der Waals surface area (Å²) in [5, 5.41) is 3.46. The van der Waals surface area contributed by atoms with E-state index >= 15 is 0 Å². The number of halogens is 2. The number of rotatable bonds is 13. The zero-order valence-electron chi connectivity index (χ0n) is 23.2. The molecule has 4 rings (SSSR count). The molecule has 1 fully saturated rings. The Morgan fingerprint density at radius 1 is 1.15 bits per heavy atom. The van der Waals surface area contributed by atoms with E-state index in [1.165, 1.54) is 0 Å². The molecule has 1 aliphatic rings. The van der Waals surface area contributed by atoms with Crippen molar-refractivity contribution < 1.29 is 18.4 Å². The average molecular weight is 540 g/mol. The van der Waals surface area contributed by atoms with Gasteiger partial charge < -0.3 is 19.7 Å². The van der Waals surface area contributed by atoms with E-state index in [0.717, 1.165) is 86.1 Å². The molecule has 210 valence electrons. The van der Waals surface area contributed by atoms with E-state index in [-0.39, 0.29) is 23.9 Å². The predicted octanol–water partition coefficient (Wildman–Crippen LogP) is 5.13. The van der Waals surface area contributed by atoms with Gasteiger partial charge in [-0.15, -0.1) is 0 Å². The number of aromatic nitrogens is 2. The molecule has 1 aliphatic heterocycles. The topological polar surface area (TPSA) is 70.5 Å². The number of imidazole rings is 1. The summed E-state index contributed by atoms with van der Waals surface area (Å²) < 4.78 is 30.4. The molecule has 7 nitrogen and oxygen atoms in total. The molecule has 9 heteroatoms. The summed E-state index contributed by atoms with van der Waals surface area (Å²) in [6.07, 6.45) is 3.43. The summed E-state index contributed by atoms with van der Waals surface area (Å²) in [5.74, 6) is -0.812. The van der Waals surface area contributed by atoms with Crippen LogP contribution in [0, 0.1) is 17.6 Å². The van der Waals surface area contributed by atoms with Gasteiger partial charge in [-0.1, -0.05) is 26.8 Å². The lowest BCUT2D eigenvalue weighted by molar-refractivity contribution is -0.127. The molecule has 39 heavy (non-hydrogen) atoms. The Bertz CT molecular complexity index is 1310. The lowest BCUT2D eigenvalue weighted by Crippen LogP contribution is -2.35. The van der Waals surface area contributed by atoms with Crippen molar-refractivity contribution in [1.29, 1.82) is 0 Å². The highest BCUT2D eigenvalue weighted by Crippen LogP contribution is 2.22. The van der Waals surface area contributed by atoms with Gasteiger partial charge in [-0.2, -0.15) is 0 Å². The minimum atomic E-state index is -0.735. The first-order valence-corrected chi connectivity index (χ1v) is 14.0. The van der Waals surface area contributed by atoms with Crippen molar-refractivity contribution in [2.45, 2.75) is 66.1 Å². The zero-order chi connectivity index (χ0) is 27.9. The monoisotopic (exact) mass is 539 g/mol. The number of hydrogen-bond acceptors (Lipinski definition) is 4. The Hall–Kier alpha value is -3.33. The van der Waals surface area contributed by atoms with Crippen LogP contribution in [0.5, 0.6) is 0 Å². The van der Waals surface area contributed by atoms with E-state index in [1.54, 1.807) is 4.90 Å². The van der Waals surface area contributed by atoms with Gasteiger partial charge in [0.25, 0.3) is 5.91 Å². The molecule has 0 aliphatic carbocycles. The van der Waals surface area contributed by atoms with Crippen LogP contribution in [0.2, 0.25) is 0 Å². The molecule has 0 bridgehead atoms. The molecule has 0 radical (unpaired) electrons. The quantitative estimate of drug-likeness (QED) is 0.306. The molecular formula is C30H39F2N5O2. The first-order chi connectivity index (χ1) is 18.8. The molecule has 2 amide bonds. The van der Waals surface area contributed by atoms with Gasteiger partial charge in [0, 0.05) is 39.1 Å². The van der Waals surface area contributed by atoms with Crippen molar-refractivity contribution in [3.05, 3.63) is 65.0 Å². The van der Waals surface area contributed by atoms with Crippen molar-refractivity contribution in [2.75, 3.05) is 26.2 Å². The second kappa shape index (κ2) is 13.2. The fourth-order valence-electron chi connectivity index (χ4n) is 5.16. The molecule has 0 unspecified atom stereocenters. The van der Waals surface area contributed by atoms with E-state index in [2.05, 4.69) is 35.0 Å². The fraction of sp³-hybridized carbons (Fsp3) is 0.500. The van der Waals surface area contributed by atoms with Crippen molar-refractivity contribution >= 4 is 22.8 Å². The minimum absolute atomic E-state index is 0.135. The molecule has 1 N–H and O–H groups in total. The molecule has 0 atom stereocenters. The Kier molecular flexibility index (Phi) is 9.67. The van der Waals surface area contributed by atoms with Gasteiger partial charge in [0.15, 0.2) is 0 Å². The summed E-state index contributed by atoms with van der Waals surface area (Å²) in [5.41, 5.74) is 2.66. The third kappa shape index (κ3) is 7.20. The lowest BCUT2D eigenvalue weighted by atomic mass is 10.1. The SMILES string of the molecule is CCCn1c(CN(CC(C)C)C(=O)c2cc(F)ccc2F)nc2cc(CNCCCN3CCCC3=O)ccc21. The molecule has 0 spiro atoms. The fourth-order valence-corrected chi connectivity index (χ4v) is 5.16. The Morgan fingerprint density at radius 3 is 2.69 bits per heavy atom. The van der Waals surface area contributed by atoms with Gasteiger partial charge in [-0.3, -0.25) is 9.59 Å². The summed E-state index contributed by atoms with van der Waals surface area (Å²) >= 11 is 0. The second-order valence-corrected chi connectivity index (χ2v) is 10.7. The molecular weight excluding hydrogens is 500 g/mol. The maximum Gasteiger partial charge on any atom is 0.257 e. The highest BCUT2D eigenvalue weighted by Gasteiger charge is 2.24. The van der Waals surface area contributed by atoms with E-state index in [4.69, 9.17) is 4.98 Å². The molecule has 2 heterocycles. The highest BCUT2D eigenvalue weighted by molar-refractivity contribution is 5.94. The van der Waals surface area contributed by atoms with Crippen LogP contribution in [0.25, 0.3) is 11.0 Å². The second-order valence-electron chi connectivity index (χ2n) is 10.7. The maximum absolute atomic E-state index is 14.5. The number of aryl methyl sites for hydroxylation is 1. The van der Waals surface area contributed by atoms with E-state index in [1.807, 2.05) is 18.7 Å². The van der Waals surface area contributed by atoms with Gasteiger partial charge in [-0.25, -0.2) is 13.8 Å². The maximum atomic E-state index is 14.5. The third-order valence-corrected chi connectivity index (χ3v) is 6.98. The van der Waals surface area contributed by atoms with E-state index in [9.17, 15) is 18.4 Å². The Morgan fingerprint density at radius 2 is 1.97 bits per heavy atom.